The van der Waals surface area contributed by atoms with Crippen LogP contribution in [0.15, 0.2) is 22.9 Å². The van der Waals surface area contributed by atoms with Crippen LogP contribution in [-0.4, -0.2) is 78.4 Å². The monoisotopic (exact) mass is 570 g/mol. The molecule has 1 aromatic heterocycles. The molecule has 4 rings (SSSR count). The molecule has 2 aromatic carbocycles. The summed E-state index contributed by atoms with van der Waals surface area (Å²) in [7, 11) is 1.43. The van der Waals surface area contributed by atoms with Gasteiger partial charge in [-0.3, -0.25) is 0 Å². The Hall–Kier alpha value is -3.17. The predicted molar refractivity (Wildman–Crippen MR) is 128 cm³/mol. The number of likely N-dealkylation sites (tertiary alicyclic amines) is 1. The normalized spacial score (nSPS) is 15.3. The molecule has 0 saturated carbocycles. The van der Waals surface area contributed by atoms with Crippen molar-refractivity contribution in [3.8, 4) is 28.7 Å². The van der Waals surface area contributed by atoms with Crippen molar-refractivity contribution in [2.24, 2.45) is 5.92 Å². The van der Waals surface area contributed by atoms with Crippen LogP contribution in [0.5, 0.6) is 28.7 Å². The fraction of sp³-hybridized carbons (Fsp3) is 0.364. The van der Waals surface area contributed by atoms with Gasteiger partial charge in [-0.05, 0) is 40.8 Å². The minimum Gasteiger partial charge on any atom is -0.504 e. The van der Waals surface area contributed by atoms with Crippen LogP contribution in [0, 0.1) is 11.7 Å². The number of hydrogen-bond donors (Lipinski definition) is 7. The van der Waals surface area contributed by atoms with Gasteiger partial charge in [-0.25, -0.2) is 19.3 Å². The van der Waals surface area contributed by atoms with Gasteiger partial charge < -0.3 is 45.4 Å². The van der Waals surface area contributed by atoms with Gasteiger partial charge in [0.05, 0.1) is 19.2 Å². The van der Waals surface area contributed by atoms with Crippen molar-refractivity contribution in [2.45, 2.75) is 18.9 Å². The number of rotatable bonds is 7. The largest absolute Gasteiger partial charge is 0.504 e. The molecular weight excluding hydrogens is 547 g/mol. The SMILES string of the molecule is COc1cc2c(Nc3c(O)c(O)c(Br)c(O)c3F)ncnc2cc1OCC1CCN(C(O)(O)O)CC1. The van der Waals surface area contributed by atoms with E-state index in [0.29, 0.717) is 41.9 Å². The maximum Gasteiger partial charge on any atom is 0.345 e. The lowest BCUT2D eigenvalue weighted by Crippen LogP contribution is -2.52. The first-order valence-electron chi connectivity index (χ1n) is 10.8. The van der Waals surface area contributed by atoms with Gasteiger partial charge in [0, 0.05) is 24.5 Å². The van der Waals surface area contributed by atoms with E-state index in [2.05, 4.69) is 31.2 Å². The molecule has 2 heterocycles. The Bertz CT molecular complexity index is 1250. The van der Waals surface area contributed by atoms with Gasteiger partial charge >= 0.3 is 6.10 Å². The van der Waals surface area contributed by atoms with Crippen molar-refractivity contribution in [3.63, 3.8) is 0 Å². The number of nitrogens with zero attached hydrogens (tertiary/aromatic N) is 3. The minimum atomic E-state index is -2.84. The number of methoxy groups -OCH3 is 1. The Kier molecular flexibility index (Phi) is 7.24. The highest BCUT2D eigenvalue weighted by Crippen LogP contribution is 2.48. The number of hydrogen-bond acceptors (Lipinski definition) is 12. The number of ether oxygens (including phenoxy) is 2. The number of phenols is 3. The molecule has 12 nitrogen and oxygen atoms in total. The molecule has 1 fully saturated rings. The molecule has 0 radical (unpaired) electrons. The molecule has 1 aliphatic heterocycles. The smallest absolute Gasteiger partial charge is 0.345 e. The van der Waals surface area contributed by atoms with Gasteiger partial charge in [-0.15, -0.1) is 0 Å². The molecule has 7 N–H and O–H groups in total. The number of aromatic hydroxyl groups is 3. The molecule has 36 heavy (non-hydrogen) atoms. The van der Waals surface area contributed by atoms with Crippen LogP contribution in [0.1, 0.15) is 12.8 Å². The zero-order valence-corrected chi connectivity index (χ0v) is 20.5. The maximum absolute atomic E-state index is 14.6. The number of piperidine rings is 1. The standard InChI is InChI=1S/C22H24BrFN4O8/c1-35-13-6-11-12(7-14(13)36-8-10-2-4-28(5-3-10)22(32,33)34)25-9-26-21(11)27-17-16(24)18(29)15(23)19(30)20(17)31/h6-7,9-10,29-34H,2-5,8H2,1H3,(H,25,26,27). The lowest BCUT2D eigenvalue weighted by molar-refractivity contribution is -0.396. The predicted octanol–water partition coefficient (Wildman–Crippen LogP) is 2.08. The summed E-state index contributed by atoms with van der Waals surface area (Å²) in [6, 6.07) is 3.16. The summed E-state index contributed by atoms with van der Waals surface area (Å²) in [6.07, 6.45) is -0.504. The second-order valence-electron chi connectivity index (χ2n) is 8.26. The second kappa shape index (κ2) is 10.1. The van der Waals surface area contributed by atoms with Crippen LogP contribution < -0.4 is 14.8 Å². The quantitative estimate of drug-likeness (QED) is 0.125. The first-order valence-corrected chi connectivity index (χ1v) is 11.6. The number of aliphatic hydroxyl groups is 3. The van der Waals surface area contributed by atoms with E-state index in [0.717, 1.165) is 4.90 Å². The highest BCUT2D eigenvalue weighted by atomic mass is 79.9. The number of benzene rings is 2. The van der Waals surface area contributed by atoms with E-state index in [1.54, 1.807) is 12.1 Å². The van der Waals surface area contributed by atoms with E-state index in [1.807, 2.05) is 0 Å². The molecule has 194 valence electrons. The Balaban J connectivity index is 1.57. The first-order chi connectivity index (χ1) is 17.0. The highest BCUT2D eigenvalue weighted by Gasteiger charge is 2.33. The maximum atomic E-state index is 14.6. The topological polar surface area (TPSA) is 181 Å². The zero-order valence-electron chi connectivity index (χ0n) is 18.9. The number of nitrogens with one attached hydrogen (secondary N) is 1. The van der Waals surface area contributed by atoms with E-state index in [4.69, 9.17) is 9.47 Å². The molecule has 0 atom stereocenters. The van der Waals surface area contributed by atoms with E-state index in [1.165, 1.54) is 13.4 Å². The Morgan fingerprint density at radius 1 is 1.08 bits per heavy atom. The van der Waals surface area contributed by atoms with Crippen molar-refractivity contribution in [3.05, 3.63) is 28.7 Å². The van der Waals surface area contributed by atoms with Crippen LogP contribution in [0.4, 0.5) is 15.9 Å². The molecule has 1 saturated heterocycles. The molecule has 1 aliphatic rings. The number of phenolic OH excluding ortho intramolecular Hbond substituents is 3. The van der Waals surface area contributed by atoms with E-state index in [9.17, 15) is 35.0 Å². The Morgan fingerprint density at radius 2 is 1.78 bits per heavy atom. The van der Waals surface area contributed by atoms with Crippen LogP contribution in [0.25, 0.3) is 10.9 Å². The summed E-state index contributed by atoms with van der Waals surface area (Å²) in [5.41, 5.74) is -0.189. The molecular formula is C22H24BrFN4O8. The summed E-state index contributed by atoms with van der Waals surface area (Å²) < 4.78 is 25.6. The van der Waals surface area contributed by atoms with Gasteiger partial charge in [0.25, 0.3) is 0 Å². The third kappa shape index (κ3) is 5.03. The summed E-state index contributed by atoms with van der Waals surface area (Å²) in [6.45, 7) is 0.857. The molecule has 0 spiro atoms. The van der Waals surface area contributed by atoms with Gasteiger partial charge in [0.2, 0.25) is 0 Å². The molecule has 0 unspecified atom stereocenters. The average Bonchev–Trinajstić information content (AvgIpc) is 2.86. The third-order valence-corrected chi connectivity index (χ3v) is 6.73. The molecule has 0 aliphatic carbocycles. The highest BCUT2D eigenvalue weighted by molar-refractivity contribution is 9.10. The van der Waals surface area contributed by atoms with E-state index >= 15 is 0 Å². The van der Waals surface area contributed by atoms with Crippen LogP contribution in [-0.2, 0) is 0 Å². The number of fused-ring (bicyclic) bond motifs is 1. The fourth-order valence-corrected chi connectivity index (χ4v) is 4.29. The first kappa shape index (κ1) is 25.9. The van der Waals surface area contributed by atoms with Gasteiger partial charge in [-0.1, -0.05) is 0 Å². The Morgan fingerprint density at radius 3 is 2.42 bits per heavy atom. The number of halogens is 2. The van der Waals surface area contributed by atoms with E-state index < -0.39 is 39.3 Å². The van der Waals surface area contributed by atoms with Crippen molar-refractivity contribution in [1.82, 2.24) is 14.9 Å². The zero-order chi connectivity index (χ0) is 26.2. The van der Waals surface area contributed by atoms with Crippen LogP contribution in [0.2, 0.25) is 0 Å². The third-order valence-electron chi connectivity index (χ3n) is 5.98. The summed E-state index contributed by atoms with van der Waals surface area (Å²) in [4.78, 5) is 9.44. The Labute approximate surface area is 212 Å². The van der Waals surface area contributed by atoms with Crippen molar-refractivity contribution in [1.29, 1.82) is 0 Å². The molecule has 14 heteroatoms. The summed E-state index contributed by atoms with van der Waals surface area (Å²) in [5.74, 6) is -2.83. The van der Waals surface area contributed by atoms with E-state index in [-0.39, 0.29) is 24.8 Å². The fourth-order valence-electron chi connectivity index (χ4n) is 3.93. The van der Waals surface area contributed by atoms with Gasteiger partial charge in [-0.2, -0.15) is 0 Å². The lowest BCUT2D eigenvalue weighted by atomic mass is 9.98. The summed E-state index contributed by atoms with van der Waals surface area (Å²) in [5, 5.41) is 60.9. The summed E-state index contributed by atoms with van der Waals surface area (Å²) >= 11 is 2.80. The van der Waals surface area contributed by atoms with Gasteiger partial charge in [0.15, 0.2) is 34.6 Å². The second-order valence-corrected chi connectivity index (χ2v) is 9.05. The lowest BCUT2D eigenvalue weighted by Gasteiger charge is -2.36. The number of aromatic nitrogens is 2. The minimum absolute atomic E-state index is 0.0630. The average molecular weight is 571 g/mol. The molecule has 3 aromatic rings. The van der Waals surface area contributed by atoms with Gasteiger partial charge in [0.1, 0.15) is 22.3 Å². The molecule has 0 amide bonds. The number of anilines is 2. The van der Waals surface area contributed by atoms with Crippen molar-refractivity contribution < 1.29 is 44.5 Å². The van der Waals surface area contributed by atoms with Crippen LogP contribution >= 0.6 is 15.9 Å². The van der Waals surface area contributed by atoms with Crippen LogP contribution in [0.3, 0.4) is 0 Å². The molecule has 0 bridgehead atoms. The van der Waals surface area contributed by atoms with Crippen molar-refractivity contribution in [2.75, 3.05) is 32.1 Å². The van der Waals surface area contributed by atoms with Crippen molar-refractivity contribution >= 4 is 38.3 Å².